The fraction of sp³-hybridized carbons (Fsp3) is 0.613. The summed E-state index contributed by atoms with van der Waals surface area (Å²) in [5.74, 6) is 1.15. The second kappa shape index (κ2) is 13.9. The van der Waals surface area contributed by atoms with E-state index in [0.29, 0.717) is 73.3 Å². The van der Waals surface area contributed by atoms with Gasteiger partial charge in [0, 0.05) is 51.4 Å². The molecule has 1 atom stereocenters. The van der Waals surface area contributed by atoms with Crippen LogP contribution < -0.4 is 10.2 Å². The summed E-state index contributed by atoms with van der Waals surface area (Å²) in [4.78, 5) is 34.0. The van der Waals surface area contributed by atoms with Crippen LogP contribution in [0.15, 0.2) is 30.6 Å². The summed E-state index contributed by atoms with van der Waals surface area (Å²) in [6.45, 7) is 17.1. The minimum absolute atomic E-state index is 0.132. The topological polar surface area (TPSA) is 82.4 Å². The number of benzene rings is 1. The molecule has 1 amide bonds. The number of rotatable bonds is 12. The van der Waals surface area contributed by atoms with Crippen molar-refractivity contribution in [3.63, 3.8) is 0 Å². The molecule has 1 aromatic carbocycles. The molecule has 1 aliphatic rings. The number of anilines is 2. The van der Waals surface area contributed by atoms with Gasteiger partial charge in [-0.2, -0.15) is 23.1 Å². The molecule has 1 N–H and O–H groups in total. The Kier molecular flexibility index (Phi) is 10.5. The first-order valence-electron chi connectivity index (χ1n) is 15.3. The number of nitrogens with zero attached hydrogens (tertiary/aromatic N) is 7. The Bertz CT molecular complexity index is 1340. The van der Waals surface area contributed by atoms with Gasteiger partial charge >= 0.3 is 6.18 Å². The SMILES string of the molecule is CCN(CC)C(=O)C1CCCN(c2nc(NCCN(C(C)C)C(C)C)c3ncn(Cc4ccc(C(F)(F)F)cc4)c3n2)C1. The number of hydrogen-bond donors (Lipinski definition) is 1. The van der Waals surface area contributed by atoms with Crippen molar-refractivity contribution in [2.24, 2.45) is 5.92 Å². The number of imidazole rings is 1. The summed E-state index contributed by atoms with van der Waals surface area (Å²) in [5, 5.41) is 3.48. The highest BCUT2D eigenvalue weighted by Crippen LogP contribution is 2.30. The molecule has 1 saturated heterocycles. The van der Waals surface area contributed by atoms with Crippen LogP contribution >= 0.6 is 0 Å². The lowest BCUT2D eigenvalue weighted by Gasteiger charge is -2.34. The number of alkyl halides is 3. The predicted molar refractivity (Wildman–Crippen MR) is 164 cm³/mol. The van der Waals surface area contributed by atoms with Crippen molar-refractivity contribution in [1.82, 2.24) is 29.3 Å². The van der Waals surface area contributed by atoms with E-state index < -0.39 is 11.7 Å². The zero-order chi connectivity index (χ0) is 31.3. The molecule has 1 fully saturated rings. The maximum Gasteiger partial charge on any atom is 0.416 e. The molecule has 4 rings (SSSR count). The number of hydrogen-bond acceptors (Lipinski definition) is 7. The molecule has 0 aliphatic carbocycles. The number of amides is 1. The molecular weight excluding hydrogens is 557 g/mol. The van der Waals surface area contributed by atoms with E-state index in [9.17, 15) is 18.0 Å². The largest absolute Gasteiger partial charge is 0.416 e. The molecule has 2 aromatic heterocycles. The number of nitrogens with one attached hydrogen (secondary N) is 1. The van der Waals surface area contributed by atoms with Gasteiger partial charge in [-0.05, 0) is 72.1 Å². The van der Waals surface area contributed by atoms with Crippen LogP contribution in [0.5, 0.6) is 0 Å². The van der Waals surface area contributed by atoms with Gasteiger partial charge in [-0.25, -0.2) is 4.98 Å². The van der Waals surface area contributed by atoms with Crippen molar-refractivity contribution in [2.75, 3.05) is 49.5 Å². The number of aromatic nitrogens is 4. The minimum atomic E-state index is -4.39. The van der Waals surface area contributed by atoms with Crippen molar-refractivity contribution in [2.45, 2.75) is 79.2 Å². The molecule has 236 valence electrons. The molecule has 9 nitrogen and oxygen atoms in total. The van der Waals surface area contributed by atoms with Crippen LogP contribution in [0.4, 0.5) is 24.9 Å². The Hall–Kier alpha value is -3.41. The summed E-state index contributed by atoms with van der Waals surface area (Å²) < 4.78 is 41.1. The fourth-order valence-corrected chi connectivity index (χ4v) is 5.88. The van der Waals surface area contributed by atoms with E-state index in [2.05, 4.69) is 47.8 Å². The van der Waals surface area contributed by atoms with E-state index in [1.165, 1.54) is 12.1 Å². The lowest BCUT2D eigenvalue weighted by atomic mass is 9.96. The van der Waals surface area contributed by atoms with E-state index in [0.717, 1.165) is 38.1 Å². The van der Waals surface area contributed by atoms with Gasteiger partial charge in [0.1, 0.15) is 0 Å². The van der Waals surface area contributed by atoms with E-state index in [-0.39, 0.29) is 11.8 Å². The van der Waals surface area contributed by atoms with Crippen molar-refractivity contribution in [1.29, 1.82) is 0 Å². The molecule has 1 aliphatic heterocycles. The lowest BCUT2D eigenvalue weighted by molar-refractivity contribution is -0.137. The van der Waals surface area contributed by atoms with Crippen LogP contribution in [0.25, 0.3) is 11.2 Å². The second-order valence-electron chi connectivity index (χ2n) is 11.8. The molecule has 0 radical (unpaired) electrons. The fourth-order valence-electron chi connectivity index (χ4n) is 5.88. The first kappa shape index (κ1) is 32.5. The molecule has 3 aromatic rings. The van der Waals surface area contributed by atoms with Crippen LogP contribution in [-0.2, 0) is 17.5 Å². The van der Waals surface area contributed by atoms with Crippen LogP contribution in [-0.4, -0.2) is 86.6 Å². The normalized spacial score (nSPS) is 16.1. The minimum Gasteiger partial charge on any atom is -0.367 e. The average Bonchev–Trinajstić information content (AvgIpc) is 3.37. The van der Waals surface area contributed by atoms with E-state index in [4.69, 9.17) is 9.97 Å². The van der Waals surface area contributed by atoms with Gasteiger partial charge in [-0.1, -0.05) is 12.1 Å². The van der Waals surface area contributed by atoms with Crippen LogP contribution in [0, 0.1) is 5.92 Å². The third-order valence-corrected chi connectivity index (χ3v) is 8.20. The third-order valence-electron chi connectivity index (χ3n) is 8.20. The van der Waals surface area contributed by atoms with Crippen molar-refractivity contribution in [3.05, 3.63) is 41.7 Å². The summed E-state index contributed by atoms with van der Waals surface area (Å²) >= 11 is 0. The Morgan fingerprint density at radius 1 is 1.07 bits per heavy atom. The number of carbonyl (C=O) groups is 1. The van der Waals surface area contributed by atoms with E-state index in [1.54, 1.807) is 6.33 Å². The Labute approximate surface area is 252 Å². The van der Waals surface area contributed by atoms with Gasteiger partial charge < -0.3 is 19.7 Å². The lowest BCUT2D eigenvalue weighted by Crippen LogP contribution is -2.45. The van der Waals surface area contributed by atoms with Gasteiger partial charge in [0.25, 0.3) is 0 Å². The predicted octanol–water partition coefficient (Wildman–Crippen LogP) is 5.51. The highest BCUT2D eigenvalue weighted by Gasteiger charge is 2.31. The zero-order valence-corrected chi connectivity index (χ0v) is 26.2. The highest BCUT2D eigenvalue weighted by atomic mass is 19.4. The monoisotopic (exact) mass is 602 g/mol. The average molecular weight is 603 g/mol. The van der Waals surface area contributed by atoms with E-state index >= 15 is 0 Å². The summed E-state index contributed by atoms with van der Waals surface area (Å²) in [5.41, 5.74) is 1.21. The van der Waals surface area contributed by atoms with Gasteiger partial charge in [0.15, 0.2) is 17.0 Å². The zero-order valence-electron chi connectivity index (χ0n) is 26.2. The number of fused-ring (bicyclic) bond motifs is 1. The molecule has 1 unspecified atom stereocenters. The molecule has 0 spiro atoms. The van der Waals surface area contributed by atoms with Gasteiger partial charge in [-0.3, -0.25) is 9.69 Å². The molecule has 0 bridgehead atoms. The highest BCUT2D eigenvalue weighted by molar-refractivity contribution is 5.85. The maximum absolute atomic E-state index is 13.2. The van der Waals surface area contributed by atoms with Crippen molar-refractivity contribution >= 4 is 28.8 Å². The maximum atomic E-state index is 13.2. The van der Waals surface area contributed by atoms with Crippen LogP contribution in [0.2, 0.25) is 0 Å². The summed E-state index contributed by atoms with van der Waals surface area (Å²) in [6.07, 6.45) is -1.05. The second-order valence-corrected chi connectivity index (χ2v) is 11.8. The quantitative estimate of drug-likeness (QED) is 0.293. The van der Waals surface area contributed by atoms with Crippen LogP contribution in [0.1, 0.15) is 65.5 Å². The molecule has 12 heteroatoms. The first-order chi connectivity index (χ1) is 20.4. The van der Waals surface area contributed by atoms with Crippen LogP contribution in [0.3, 0.4) is 0 Å². The number of halogens is 3. The van der Waals surface area contributed by atoms with Crippen molar-refractivity contribution < 1.29 is 18.0 Å². The van der Waals surface area contributed by atoms with E-state index in [1.807, 2.05) is 23.3 Å². The van der Waals surface area contributed by atoms with Crippen molar-refractivity contribution in [3.8, 4) is 0 Å². The van der Waals surface area contributed by atoms with Gasteiger partial charge in [0.05, 0.1) is 24.4 Å². The molecule has 43 heavy (non-hydrogen) atoms. The van der Waals surface area contributed by atoms with Gasteiger partial charge in [0.2, 0.25) is 11.9 Å². The molecular formula is C31H45F3N8O. The number of carbonyl (C=O) groups excluding carboxylic acids is 1. The summed E-state index contributed by atoms with van der Waals surface area (Å²) in [6, 6.07) is 5.93. The Morgan fingerprint density at radius 2 is 1.74 bits per heavy atom. The van der Waals surface area contributed by atoms with Gasteiger partial charge in [-0.15, -0.1) is 0 Å². The smallest absolute Gasteiger partial charge is 0.367 e. The molecule has 0 saturated carbocycles. The number of piperidine rings is 1. The standard InChI is InChI=1S/C31H45F3N8O/c1-7-39(8-2)29(43)24-10-9-16-40(19-24)30-37-27(35-15-17-42(21(3)4)22(5)6)26-28(38-30)41(20-36-26)18-23-11-13-25(14-12-23)31(32,33)34/h11-14,20-22,24H,7-10,15-19H2,1-6H3,(H,35,37,38). The Morgan fingerprint density at radius 3 is 2.35 bits per heavy atom. The molecule has 3 heterocycles. The first-order valence-corrected chi connectivity index (χ1v) is 15.3. The third kappa shape index (κ3) is 7.76. The summed E-state index contributed by atoms with van der Waals surface area (Å²) in [7, 11) is 0. The Balaban J connectivity index is 1.65.